The molecule has 1 aliphatic heterocycles. The van der Waals surface area contributed by atoms with Gasteiger partial charge in [-0.2, -0.15) is 0 Å². The average Bonchev–Trinajstić information content (AvgIpc) is 2.69. The van der Waals surface area contributed by atoms with Gasteiger partial charge in [-0.05, 0) is 55.7 Å². The molecule has 138 valence electrons. The van der Waals surface area contributed by atoms with Crippen LogP contribution in [-0.2, 0) is 17.6 Å². The van der Waals surface area contributed by atoms with Crippen LogP contribution in [0.5, 0.6) is 5.75 Å². The van der Waals surface area contributed by atoms with Crippen molar-refractivity contribution < 1.29 is 9.53 Å². The number of amides is 1. The molecule has 0 aliphatic carbocycles. The van der Waals surface area contributed by atoms with Crippen LogP contribution in [0, 0.1) is 5.92 Å². The van der Waals surface area contributed by atoms with E-state index in [4.69, 9.17) is 4.74 Å². The van der Waals surface area contributed by atoms with Crippen molar-refractivity contribution in [3.63, 3.8) is 0 Å². The Morgan fingerprint density at radius 1 is 1.08 bits per heavy atom. The van der Waals surface area contributed by atoms with Gasteiger partial charge in [0.1, 0.15) is 5.75 Å². The minimum absolute atomic E-state index is 0.106. The lowest BCUT2D eigenvalue weighted by Gasteiger charge is -2.33. The van der Waals surface area contributed by atoms with Crippen LogP contribution >= 0.6 is 0 Å². The van der Waals surface area contributed by atoms with E-state index in [1.807, 2.05) is 30.0 Å². The van der Waals surface area contributed by atoms with Crippen LogP contribution in [-0.4, -0.2) is 30.0 Å². The van der Waals surface area contributed by atoms with Crippen LogP contribution in [0.1, 0.15) is 37.8 Å². The number of piperidine rings is 1. The minimum atomic E-state index is -0.437. The molecule has 0 saturated carbocycles. The Balaban J connectivity index is 1.51. The lowest BCUT2D eigenvalue weighted by molar-refractivity contribution is -0.139. The van der Waals surface area contributed by atoms with Gasteiger partial charge in [0.25, 0.3) is 5.91 Å². The summed E-state index contributed by atoms with van der Waals surface area (Å²) in [6.45, 7) is 5.63. The molecule has 0 radical (unpaired) electrons. The fraction of sp³-hybridized carbons (Fsp3) is 0.435. The van der Waals surface area contributed by atoms with Gasteiger partial charge in [0.15, 0.2) is 6.10 Å². The van der Waals surface area contributed by atoms with Crippen LogP contribution < -0.4 is 4.74 Å². The summed E-state index contributed by atoms with van der Waals surface area (Å²) >= 11 is 0. The molecule has 3 nitrogen and oxygen atoms in total. The summed E-state index contributed by atoms with van der Waals surface area (Å²) in [6, 6.07) is 18.6. The first kappa shape index (κ1) is 18.5. The molecule has 0 spiro atoms. The SMILES string of the molecule is CCc1ccccc1O[C@H](C)C(=O)N1CCC(Cc2ccccc2)CC1. The third kappa shape index (κ3) is 4.66. The highest BCUT2D eigenvalue weighted by Gasteiger charge is 2.27. The Morgan fingerprint density at radius 2 is 1.73 bits per heavy atom. The maximum Gasteiger partial charge on any atom is 0.263 e. The summed E-state index contributed by atoms with van der Waals surface area (Å²) in [5.74, 6) is 1.60. The number of hydrogen-bond acceptors (Lipinski definition) is 2. The number of para-hydroxylation sites is 1. The third-order valence-electron chi connectivity index (χ3n) is 5.30. The zero-order chi connectivity index (χ0) is 18.4. The fourth-order valence-corrected chi connectivity index (χ4v) is 3.71. The van der Waals surface area contributed by atoms with E-state index in [0.29, 0.717) is 5.92 Å². The quantitative estimate of drug-likeness (QED) is 0.767. The van der Waals surface area contributed by atoms with Crippen molar-refractivity contribution in [1.82, 2.24) is 4.90 Å². The number of benzene rings is 2. The smallest absolute Gasteiger partial charge is 0.263 e. The highest BCUT2D eigenvalue weighted by Crippen LogP contribution is 2.24. The summed E-state index contributed by atoms with van der Waals surface area (Å²) in [5.41, 5.74) is 2.54. The van der Waals surface area contributed by atoms with Gasteiger partial charge in [-0.15, -0.1) is 0 Å². The Morgan fingerprint density at radius 3 is 2.42 bits per heavy atom. The van der Waals surface area contributed by atoms with E-state index in [-0.39, 0.29) is 5.91 Å². The van der Waals surface area contributed by atoms with Gasteiger partial charge in [0, 0.05) is 13.1 Å². The molecule has 1 amide bonds. The molecule has 0 bridgehead atoms. The molecule has 3 heteroatoms. The Bertz CT molecular complexity index is 705. The second kappa shape index (κ2) is 8.88. The van der Waals surface area contributed by atoms with E-state index in [9.17, 15) is 4.79 Å². The molecule has 26 heavy (non-hydrogen) atoms. The van der Waals surface area contributed by atoms with Crippen molar-refractivity contribution in [2.75, 3.05) is 13.1 Å². The molecule has 0 aromatic heterocycles. The molecular weight excluding hydrogens is 322 g/mol. The van der Waals surface area contributed by atoms with E-state index < -0.39 is 6.10 Å². The number of likely N-dealkylation sites (tertiary alicyclic amines) is 1. The standard InChI is InChI=1S/C23H29NO2/c1-3-21-11-7-8-12-22(21)26-18(2)23(25)24-15-13-20(14-16-24)17-19-9-5-4-6-10-19/h4-12,18,20H,3,13-17H2,1-2H3/t18-/m1/s1. The number of carbonyl (C=O) groups is 1. The van der Waals surface area contributed by atoms with Gasteiger partial charge in [0.2, 0.25) is 0 Å². The van der Waals surface area contributed by atoms with Crippen molar-refractivity contribution in [3.8, 4) is 5.75 Å². The molecule has 1 aliphatic rings. The number of rotatable bonds is 6. The summed E-state index contributed by atoms with van der Waals surface area (Å²) < 4.78 is 5.98. The van der Waals surface area contributed by atoms with Gasteiger partial charge in [-0.1, -0.05) is 55.5 Å². The minimum Gasteiger partial charge on any atom is -0.481 e. The summed E-state index contributed by atoms with van der Waals surface area (Å²) in [5, 5.41) is 0. The molecule has 0 N–H and O–H groups in total. The number of hydrogen-bond donors (Lipinski definition) is 0. The van der Waals surface area contributed by atoms with Crippen LogP contribution in [0.3, 0.4) is 0 Å². The van der Waals surface area contributed by atoms with Gasteiger partial charge in [-0.3, -0.25) is 4.79 Å². The van der Waals surface area contributed by atoms with Crippen molar-refractivity contribution in [2.24, 2.45) is 5.92 Å². The molecular formula is C23H29NO2. The van der Waals surface area contributed by atoms with E-state index in [2.05, 4.69) is 43.3 Å². The molecule has 1 saturated heterocycles. The van der Waals surface area contributed by atoms with Gasteiger partial charge in [0.05, 0.1) is 0 Å². The zero-order valence-corrected chi connectivity index (χ0v) is 15.9. The molecule has 1 fully saturated rings. The summed E-state index contributed by atoms with van der Waals surface area (Å²) in [7, 11) is 0. The lowest BCUT2D eigenvalue weighted by Crippen LogP contribution is -2.45. The maximum atomic E-state index is 12.8. The third-order valence-corrected chi connectivity index (χ3v) is 5.30. The van der Waals surface area contributed by atoms with E-state index in [0.717, 1.165) is 50.1 Å². The molecule has 1 heterocycles. The number of carbonyl (C=O) groups excluding carboxylic acids is 1. The molecule has 2 aromatic rings. The summed E-state index contributed by atoms with van der Waals surface area (Å²) in [6.07, 6.45) is 3.71. The highest BCUT2D eigenvalue weighted by molar-refractivity contribution is 5.81. The lowest BCUT2D eigenvalue weighted by atomic mass is 9.90. The normalized spacial score (nSPS) is 16.3. The van der Waals surface area contributed by atoms with Crippen LogP contribution in [0.25, 0.3) is 0 Å². The first-order valence-corrected chi connectivity index (χ1v) is 9.74. The monoisotopic (exact) mass is 351 g/mol. The average molecular weight is 351 g/mol. The van der Waals surface area contributed by atoms with E-state index in [1.54, 1.807) is 0 Å². The maximum absolute atomic E-state index is 12.8. The van der Waals surface area contributed by atoms with Crippen molar-refractivity contribution in [3.05, 3.63) is 65.7 Å². The second-order valence-electron chi connectivity index (χ2n) is 7.18. The fourth-order valence-electron chi connectivity index (χ4n) is 3.71. The molecule has 3 rings (SSSR count). The van der Waals surface area contributed by atoms with Crippen molar-refractivity contribution in [1.29, 1.82) is 0 Å². The first-order valence-electron chi connectivity index (χ1n) is 9.74. The second-order valence-corrected chi connectivity index (χ2v) is 7.18. The van der Waals surface area contributed by atoms with Gasteiger partial charge < -0.3 is 9.64 Å². The van der Waals surface area contributed by atoms with Crippen LogP contribution in [0.15, 0.2) is 54.6 Å². The van der Waals surface area contributed by atoms with Crippen molar-refractivity contribution in [2.45, 2.75) is 45.6 Å². The predicted octanol–water partition coefficient (Wildman–Crippen LogP) is 4.50. The molecule has 0 unspecified atom stereocenters. The topological polar surface area (TPSA) is 29.5 Å². The Labute approximate surface area is 157 Å². The first-order chi connectivity index (χ1) is 12.7. The number of aryl methyl sites for hydroxylation is 1. The largest absolute Gasteiger partial charge is 0.481 e. The Hall–Kier alpha value is -2.29. The summed E-state index contributed by atoms with van der Waals surface area (Å²) in [4.78, 5) is 14.7. The number of nitrogens with zero attached hydrogens (tertiary/aromatic N) is 1. The van der Waals surface area contributed by atoms with Crippen LogP contribution in [0.4, 0.5) is 0 Å². The zero-order valence-electron chi connectivity index (χ0n) is 15.9. The number of ether oxygens (including phenoxy) is 1. The predicted molar refractivity (Wildman–Crippen MR) is 105 cm³/mol. The molecule has 1 atom stereocenters. The molecule has 2 aromatic carbocycles. The van der Waals surface area contributed by atoms with Gasteiger partial charge in [-0.25, -0.2) is 0 Å². The van der Waals surface area contributed by atoms with Gasteiger partial charge >= 0.3 is 0 Å². The van der Waals surface area contributed by atoms with Crippen LogP contribution in [0.2, 0.25) is 0 Å². The highest BCUT2D eigenvalue weighted by atomic mass is 16.5. The Kier molecular flexibility index (Phi) is 6.32. The van der Waals surface area contributed by atoms with Crippen molar-refractivity contribution >= 4 is 5.91 Å². The van der Waals surface area contributed by atoms with E-state index >= 15 is 0 Å². The van der Waals surface area contributed by atoms with E-state index in [1.165, 1.54) is 5.56 Å².